The van der Waals surface area contributed by atoms with Gasteiger partial charge >= 0.3 is 6.18 Å². The minimum absolute atomic E-state index is 0.0517. The van der Waals surface area contributed by atoms with Crippen LogP contribution in [0.25, 0.3) is 0 Å². The van der Waals surface area contributed by atoms with E-state index in [4.69, 9.17) is 5.84 Å². The van der Waals surface area contributed by atoms with Crippen molar-refractivity contribution in [3.05, 3.63) is 35.1 Å². The number of hydrazine groups is 1. The third-order valence-electron chi connectivity index (χ3n) is 2.49. The summed E-state index contributed by atoms with van der Waals surface area (Å²) >= 11 is 0. The van der Waals surface area contributed by atoms with Gasteiger partial charge in [0.25, 0.3) is 0 Å². The maximum atomic E-state index is 13.7. The summed E-state index contributed by atoms with van der Waals surface area (Å²) in [5, 5.41) is 0. The molecule has 0 saturated carbocycles. The minimum Gasteiger partial charge on any atom is -0.271 e. The smallest absolute Gasteiger partial charge is 0.271 e. The van der Waals surface area contributed by atoms with Crippen molar-refractivity contribution in [1.82, 2.24) is 5.43 Å². The number of halogens is 4. The van der Waals surface area contributed by atoms with E-state index in [1.807, 2.05) is 6.92 Å². The van der Waals surface area contributed by atoms with Crippen LogP contribution in [0, 0.1) is 5.82 Å². The van der Waals surface area contributed by atoms with Crippen molar-refractivity contribution in [2.45, 2.75) is 32.0 Å². The molecular weight excluding hydrogens is 236 g/mol. The molecule has 1 aromatic carbocycles. The van der Waals surface area contributed by atoms with Crippen LogP contribution in [0.4, 0.5) is 17.6 Å². The summed E-state index contributed by atoms with van der Waals surface area (Å²) < 4.78 is 51.2. The Hall–Kier alpha value is -1.14. The van der Waals surface area contributed by atoms with Crippen LogP contribution in [0.2, 0.25) is 0 Å². The molecule has 96 valence electrons. The van der Waals surface area contributed by atoms with Crippen molar-refractivity contribution < 1.29 is 17.6 Å². The van der Waals surface area contributed by atoms with E-state index in [1.165, 1.54) is 12.1 Å². The normalized spacial score (nSPS) is 13.8. The lowest BCUT2D eigenvalue weighted by molar-refractivity contribution is -0.140. The molecule has 17 heavy (non-hydrogen) atoms. The molecule has 6 heteroatoms. The highest BCUT2D eigenvalue weighted by molar-refractivity contribution is 5.30. The Balaban J connectivity index is 3.17. The van der Waals surface area contributed by atoms with E-state index in [-0.39, 0.29) is 5.56 Å². The molecule has 0 aliphatic rings. The van der Waals surface area contributed by atoms with E-state index in [0.717, 1.165) is 6.07 Å². The van der Waals surface area contributed by atoms with Gasteiger partial charge in [0.05, 0.1) is 5.56 Å². The zero-order valence-electron chi connectivity index (χ0n) is 9.31. The van der Waals surface area contributed by atoms with E-state index in [0.29, 0.717) is 12.8 Å². The molecule has 1 rings (SSSR count). The highest BCUT2D eigenvalue weighted by Gasteiger charge is 2.35. The van der Waals surface area contributed by atoms with Crippen molar-refractivity contribution in [2.75, 3.05) is 0 Å². The second kappa shape index (κ2) is 5.46. The van der Waals surface area contributed by atoms with Gasteiger partial charge in [-0.15, -0.1) is 0 Å². The van der Waals surface area contributed by atoms with E-state index < -0.39 is 23.6 Å². The molecule has 0 aliphatic carbocycles. The first-order valence-corrected chi connectivity index (χ1v) is 5.23. The zero-order valence-corrected chi connectivity index (χ0v) is 9.31. The Morgan fingerprint density at radius 3 is 2.47 bits per heavy atom. The Morgan fingerprint density at radius 2 is 2.00 bits per heavy atom. The predicted octanol–water partition coefficient (Wildman–Crippen LogP) is 3.15. The van der Waals surface area contributed by atoms with Gasteiger partial charge in [-0.05, 0) is 12.5 Å². The van der Waals surface area contributed by atoms with Crippen LogP contribution in [0.5, 0.6) is 0 Å². The molecule has 1 aromatic rings. The Labute approximate surface area is 96.8 Å². The van der Waals surface area contributed by atoms with Crippen LogP contribution in [-0.2, 0) is 6.18 Å². The molecule has 0 radical (unpaired) electrons. The lowest BCUT2D eigenvalue weighted by Crippen LogP contribution is -2.29. The summed E-state index contributed by atoms with van der Waals surface area (Å²) in [7, 11) is 0. The largest absolute Gasteiger partial charge is 0.419 e. The number of benzene rings is 1. The fourth-order valence-corrected chi connectivity index (χ4v) is 1.66. The fourth-order valence-electron chi connectivity index (χ4n) is 1.66. The molecule has 0 saturated heterocycles. The van der Waals surface area contributed by atoms with Crippen molar-refractivity contribution in [3.63, 3.8) is 0 Å². The van der Waals surface area contributed by atoms with Gasteiger partial charge in [-0.1, -0.05) is 25.5 Å². The van der Waals surface area contributed by atoms with Crippen molar-refractivity contribution in [1.29, 1.82) is 0 Å². The number of alkyl halides is 3. The Morgan fingerprint density at radius 1 is 1.35 bits per heavy atom. The molecular formula is C11H14F4N2. The van der Waals surface area contributed by atoms with Crippen LogP contribution >= 0.6 is 0 Å². The Bertz CT molecular complexity index is 376. The monoisotopic (exact) mass is 250 g/mol. The molecule has 0 heterocycles. The van der Waals surface area contributed by atoms with Crippen LogP contribution in [-0.4, -0.2) is 0 Å². The Kier molecular flexibility index (Phi) is 4.47. The molecule has 0 amide bonds. The van der Waals surface area contributed by atoms with E-state index in [1.54, 1.807) is 0 Å². The van der Waals surface area contributed by atoms with Gasteiger partial charge in [0.15, 0.2) is 0 Å². The van der Waals surface area contributed by atoms with Crippen LogP contribution < -0.4 is 11.3 Å². The van der Waals surface area contributed by atoms with Gasteiger partial charge in [-0.3, -0.25) is 11.3 Å². The molecule has 0 aromatic heterocycles. The lowest BCUT2D eigenvalue weighted by atomic mass is 9.99. The molecule has 2 nitrogen and oxygen atoms in total. The van der Waals surface area contributed by atoms with Crippen LogP contribution in [0.1, 0.15) is 36.9 Å². The van der Waals surface area contributed by atoms with E-state index in [9.17, 15) is 17.6 Å². The summed E-state index contributed by atoms with van der Waals surface area (Å²) in [6, 6.07) is 2.60. The highest BCUT2D eigenvalue weighted by atomic mass is 19.4. The van der Waals surface area contributed by atoms with Gasteiger partial charge in [-0.2, -0.15) is 13.2 Å². The third-order valence-corrected chi connectivity index (χ3v) is 2.49. The average Bonchev–Trinajstić information content (AvgIpc) is 2.25. The maximum absolute atomic E-state index is 13.7. The van der Waals surface area contributed by atoms with Gasteiger partial charge in [0, 0.05) is 11.6 Å². The van der Waals surface area contributed by atoms with Gasteiger partial charge in [0.2, 0.25) is 0 Å². The average molecular weight is 250 g/mol. The number of rotatable bonds is 4. The molecule has 0 fully saturated rings. The van der Waals surface area contributed by atoms with Crippen molar-refractivity contribution in [3.8, 4) is 0 Å². The number of hydrogen-bond donors (Lipinski definition) is 2. The van der Waals surface area contributed by atoms with Gasteiger partial charge < -0.3 is 0 Å². The quantitative estimate of drug-likeness (QED) is 0.489. The van der Waals surface area contributed by atoms with Gasteiger partial charge in [-0.25, -0.2) is 4.39 Å². The second-order valence-electron chi connectivity index (χ2n) is 3.71. The first-order valence-electron chi connectivity index (χ1n) is 5.23. The van der Waals surface area contributed by atoms with Crippen LogP contribution in [0.15, 0.2) is 18.2 Å². The molecule has 1 atom stereocenters. The van der Waals surface area contributed by atoms with E-state index in [2.05, 4.69) is 5.43 Å². The molecule has 0 bridgehead atoms. The molecule has 0 aliphatic heterocycles. The lowest BCUT2D eigenvalue weighted by Gasteiger charge is -2.18. The second-order valence-corrected chi connectivity index (χ2v) is 3.71. The van der Waals surface area contributed by atoms with E-state index >= 15 is 0 Å². The van der Waals surface area contributed by atoms with Crippen LogP contribution in [0.3, 0.4) is 0 Å². The molecule has 3 N–H and O–H groups in total. The SMILES string of the molecule is CCCC(NN)c1cccc(C(F)(F)F)c1F. The summed E-state index contributed by atoms with van der Waals surface area (Å²) in [6.07, 6.45) is -3.54. The van der Waals surface area contributed by atoms with Crippen molar-refractivity contribution in [2.24, 2.45) is 5.84 Å². The summed E-state index contributed by atoms with van der Waals surface area (Å²) in [4.78, 5) is 0. The standard InChI is InChI=1S/C11H14F4N2/c1-2-4-9(17-16)7-5-3-6-8(10(7)12)11(13,14)15/h3,5-6,9,17H,2,4,16H2,1H3. The first kappa shape index (κ1) is 13.9. The minimum atomic E-state index is -4.69. The number of hydrogen-bond acceptors (Lipinski definition) is 2. The summed E-state index contributed by atoms with van der Waals surface area (Å²) in [6.45, 7) is 1.84. The zero-order chi connectivity index (χ0) is 13.1. The van der Waals surface area contributed by atoms with Gasteiger partial charge in [0.1, 0.15) is 5.82 Å². The number of nitrogens with one attached hydrogen (secondary N) is 1. The third kappa shape index (κ3) is 3.17. The molecule has 1 unspecified atom stereocenters. The maximum Gasteiger partial charge on any atom is 0.419 e. The van der Waals surface area contributed by atoms with Crippen molar-refractivity contribution >= 4 is 0 Å². The summed E-state index contributed by atoms with van der Waals surface area (Å²) in [5.74, 6) is 3.97. The summed E-state index contributed by atoms with van der Waals surface area (Å²) in [5.41, 5.74) is 1.02. The predicted molar refractivity (Wildman–Crippen MR) is 56.4 cm³/mol. The first-order chi connectivity index (χ1) is 7.91. The highest BCUT2D eigenvalue weighted by Crippen LogP contribution is 2.34. The fraction of sp³-hybridized carbons (Fsp3) is 0.455. The number of nitrogens with two attached hydrogens (primary N) is 1. The topological polar surface area (TPSA) is 38.0 Å². The molecule has 0 spiro atoms.